The minimum atomic E-state index is -0.433. The van der Waals surface area contributed by atoms with Crippen LogP contribution in [0.1, 0.15) is 50.0 Å². The maximum Gasteiger partial charge on any atom is 0.253 e. The smallest absolute Gasteiger partial charge is 0.253 e. The zero-order chi connectivity index (χ0) is 22.8. The molecule has 1 aromatic carbocycles. The summed E-state index contributed by atoms with van der Waals surface area (Å²) in [6.07, 6.45) is 3.03. The summed E-state index contributed by atoms with van der Waals surface area (Å²) in [4.78, 5) is 18.5. The van der Waals surface area contributed by atoms with Crippen molar-refractivity contribution in [2.24, 2.45) is 0 Å². The molecular formula is C23H30N6O4. The normalized spacial score (nSPS) is 21.0. The fourth-order valence-electron chi connectivity index (χ4n) is 4.82. The summed E-state index contributed by atoms with van der Waals surface area (Å²) in [6.45, 7) is 5.11. The van der Waals surface area contributed by atoms with E-state index in [1.165, 1.54) is 0 Å². The Morgan fingerprint density at radius 3 is 2.88 bits per heavy atom. The zero-order valence-electron chi connectivity index (χ0n) is 18.8. The minimum Gasteiger partial charge on any atom is -0.494 e. The molecule has 10 heteroatoms. The number of H-pyrrole nitrogens is 1. The molecule has 2 N–H and O–H groups in total. The first kappa shape index (κ1) is 22.0. The van der Waals surface area contributed by atoms with Crippen molar-refractivity contribution in [2.45, 2.75) is 57.4 Å². The summed E-state index contributed by atoms with van der Waals surface area (Å²) < 4.78 is 13.2. The van der Waals surface area contributed by atoms with Gasteiger partial charge in [0.2, 0.25) is 0 Å². The molecule has 2 aromatic heterocycles. The lowest BCUT2D eigenvalue weighted by Gasteiger charge is -2.35. The zero-order valence-corrected chi connectivity index (χ0v) is 18.8. The summed E-state index contributed by atoms with van der Waals surface area (Å²) in [6, 6.07) is 7.13. The van der Waals surface area contributed by atoms with Crippen LogP contribution in [-0.4, -0.2) is 73.7 Å². The number of aliphatic hydroxyl groups is 1. The molecule has 0 aliphatic carbocycles. The van der Waals surface area contributed by atoms with Gasteiger partial charge in [-0.15, -0.1) is 5.10 Å². The van der Waals surface area contributed by atoms with E-state index in [9.17, 15) is 9.90 Å². The summed E-state index contributed by atoms with van der Waals surface area (Å²) in [5, 5.41) is 23.5. The van der Waals surface area contributed by atoms with Crippen LogP contribution < -0.4 is 10.3 Å². The van der Waals surface area contributed by atoms with Crippen LogP contribution in [0.2, 0.25) is 0 Å². The standard InChI is InChI=1S/C23H30N6O4/c1-2-32-17-5-6-20-15(12-17)13-19(23(31)24-20)21(28-9-7-16(30)8-10-28)22-25-26-27-29(22)14-18-4-3-11-33-18/h5-6,12-13,16,18,21,30H,2-4,7-11,14H2,1H3,(H,24,31)/t18-,21+/m1/s1. The van der Waals surface area contributed by atoms with Gasteiger partial charge in [0.05, 0.1) is 25.4 Å². The number of rotatable bonds is 7. The van der Waals surface area contributed by atoms with Crippen LogP contribution in [0.15, 0.2) is 29.1 Å². The van der Waals surface area contributed by atoms with Crippen molar-refractivity contribution >= 4 is 10.9 Å². The van der Waals surface area contributed by atoms with Crippen LogP contribution in [0.4, 0.5) is 0 Å². The highest BCUT2D eigenvalue weighted by Gasteiger charge is 2.33. The number of ether oxygens (including phenoxy) is 2. The van der Waals surface area contributed by atoms with E-state index in [1.54, 1.807) is 4.68 Å². The molecule has 10 nitrogen and oxygen atoms in total. The quantitative estimate of drug-likeness (QED) is 0.553. The molecule has 0 bridgehead atoms. The molecule has 176 valence electrons. The van der Waals surface area contributed by atoms with Crippen LogP contribution in [-0.2, 0) is 11.3 Å². The average molecular weight is 455 g/mol. The van der Waals surface area contributed by atoms with Crippen molar-refractivity contribution in [2.75, 3.05) is 26.3 Å². The Hall–Kier alpha value is -2.82. The first-order valence-electron chi connectivity index (χ1n) is 11.7. The monoisotopic (exact) mass is 454 g/mol. The molecule has 2 aliphatic rings. The number of pyridine rings is 1. The summed E-state index contributed by atoms with van der Waals surface area (Å²) in [5.74, 6) is 1.37. The van der Waals surface area contributed by atoms with Crippen LogP contribution in [0.25, 0.3) is 10.9 Å². The molecule has 4 heterocycles. The highest BCUT2D eigenvalue weighted by atomic mass is 16.5. The van der Waals surface area contributed by atoms with Gasteiger partial charge in [0.1, 0.15) is 11.8 Å². The molecule has 2 saturated heterocycles. The third-order valence-corrected chi connectivity index (χ3v) is 6.52. The Kier molecular flexibility index (Phi) is 6.39. The largest absolute Gasteiger partial charge is 0.494 e. The minimum absolute atomic E-state index is 0.0692. The number of aliphatic hydroxyl groups excluding tert-OH is 1. The van der Waals surface area contributed by atoms with Gasteiger partial charge in [-0.2, -0.15) is 0 Å². The highest BCUT2D eigenvalue weighted by molar-refractivity contribution is 5.80. The fraction of sp³-hybridized carbons (Fsp3) is 0.565. The summed E-state index contributed by atoms with van der Waals surface area (Å²) in [7, 11) is 0. The van der Waals surface area contributed by atoms with E-state index in [4.69, 9.17) is 9.47 Å². The number of nitrogens with one attached hydrogen (secondary N) is 1. The Balaban J connectivity index is 1.58. The maximum absolute atomic E-state index is 13.3. The number of likely N-dealkylation sites (tertiary alicyclic amines) is 1. The fourth-order valence-corrected chi connectivity index (χ4v) is 4.82. The third-order valence-electron chi connectivity index (χ3n) is 6.52. The van der Waals surface area contributed by atoms with Crippen molar-refractivity contribution in [3.63, 3.8) is 0 Å². The molecular weight excluding hydrogens is 424 g/mol. The number of hydrogen-bond donors (Lipinski definition) is 2. The van der Waals surface area contributed by atoms with Crippen molar-refractivity contribution < 1.29 is 14.6 Å². The Bertz CT molecular complexity index is 1150. The number of tetrazole rings is 1. The van der Waals surface area contributed by atoms with Crippen LogP contribution in [0, 0.1) is 0 Å². The van der Waals surface area contributed by atoms with Gasteiger partial charge >= 0.3 is 0 Å². The second kappa shape index (κ2) is 9.58. The van der Waals surface area contributed by atoms with Crippen LogP contribution in [0.5, 0.6) is 5.75 Å². The topological polar surface area (TPSA) is 118 Å². The molecule has 0 radical (unpaired) electrons. The molecule has 2 fully saturated rings. The van der Waals surface area contributed by atoms with E-state index in [2.05, 4.69) is 25.4 Å². The number of aromatic nitrogens is 5. The molecule has 3 aromatic rings. The number of hydrogen-bond acceptors (Lipinski definition) is 8. The third kappa shape index (κ3) is 4.64. The van der Waals surface area contributed by atoms with Crippen molar-refractivity contribution in [3.05, 3.63) is 46.0 Å². The first-order valence-corrected chi connectivity index (χ1v) is 11.7. The number of aromatic amines is 1. The Morgan fingerprint density at radius 1 is 1.27 bits per heavy atom. The van der Waals surface area contributed by atoms with Crippen LogP contribution in [0.3, 0.4) is 0 Å². The van der Waals surface area contributed by atoms with E-state index >= 15 is 0 Å². The molecule has 0 amide bonds. The number of benzene rings is 1. The van der Waals surface area contributed by atoms with E-state index < -0.39 is 6.04 Å². The SMILES string of the molecule is CCOc1ccc2[nH]c(=O)c([C@@H](c3nnnn3C[C@H]3CCCO3)N3CCC(O)CC3)cc2c1. The van der Waals surface area contributed by atoms with E-state index in [0.29, 0.717) is 50.5 Å². The van der Waals surface area contributed by atoms with Gasteiger partial charge in [0.25, 0.3) is 5.56 Å². The summed E-state index contributed by atoms with van der Waals surface area (Å²) >= 11 is 0. The predicted octanol–water partition coefficient (Wildman–Crippen LogP) is 1.64. The maximum atomic E-state index is 13.3. The Labute approximate surface area is 191 Å². The van der Waals surface area contributed by atoms with E-state index in [1.807, 2.05) is 31.2 Å². The average Bonchev–Trinajstić information content (AvgIpc) is 3.49. The van der Waals surface area contributed by atoms with Crippen molar-refractivity contribution in [1.82, 2.24) is 30.1 Å². The second-order valence-electron chi connectivity index (χ2n) is 8.76. The molecule has 5 rings (SSSR count). The molecule has 0 saturated carbocycles. The van der Waals surface area contributed by atoms with E-state index in [-0.39, 0.29) is 17.8 Å². The number of fused-ring (bicyclic) bond motifs is 1. The molecule has 2 aliphatic heterocycles. The second-order valence-corrected chi connectivity index (χ2v) is 8.76. The van der Waals surface area contributed by atoms with Gasteiger partial charge in [0.15, 0.2) is 5.82 Å². The van der Waals surface area contributed by atoms with Gasteiger partial charge in [-0.1, -0.05) is 0 Å². The van der Waals surface area contributed by atoms with Gasteiger partial charge < -0.3 is 19.6 Å². The lowest BCUT2D eigenvalue weighted by molar-refractivity contribution is 0.0632. The van der Waals surface area contributed by atoms with Crippen molar-refractivity contribution in [1.29, 1.82) is 0 Å². The van der Waals surface area contributed by atoms with Gasteiger partial charge in [-0.05, 0) is 67.3 Å². The highest BCUT2D eigenvalue weighted by Crippen LogP contribution is 2.30. The van der Waals surface area contributed by atoms with Gasteiger partial charge in [-0.3, -0.25) is 9.69 Å². The lowest BCUT2D eigenvalue weighted by atomic mass is 9.99. The lowest BCUT2D eigenvalue weighted by Crippen LogP contribution is -2.42. The number of piperidine rings is 1. The molecule has 2 atom stereocenters. The summed E-state index contributed by atoms with van der Waals surface area (Å²) in [5.41, 5.74) is 1.16. The van der Waals surface area contributed by atoms with E-state index in [0.717, 1.165) is 36.1 Å². The first-order chi connectivity index (χ1) is 16.1. The van der Waals surface area contributed by atoms with Crippen molar-refractivity contribution in [3.8, 4) is 5.75 Å². The van der Waals surface area contributed by atoms with Crippen LogP contribution >= 0.6 is 0 Å². The molecule has 0 spiro atoms. The number of nitrogens with zero attached hydrogens (tertiary/aromatic N) is 5. The van der Waals surface area contributed by atoms with Gasteiger partial charge in [0, 0.05) is 36.2 Å². The molecule has 33 heavy (non-hydrogen) atoms. The van der Waals surface area contributed by atoms with Gasteiger partial charge in [-0.25, -0.2) is 4.68 Å². The Morgan fingerprint density at radius 2 is 2.12 bits per heavy atom. The predicted molar refractivity (Wildman–Crippen MR) is 121 cm³/mol. The molecule has 0 unspecified atom stereocenters.